The van der Waals surface area contributed by atoms with Crippen LogP contribution in [-0.2, 0) is 0 Å². The number of rotatable bonds is 2. The molecule has 0 atom stereocenters. The van der Waals surface area contributed by atoms with Crippen LogP contribution in [0.3, 0.4) is 0 Å². The van der Waals surface area contributed by atoms with Crippen molar-refractivity contribution >= 4 is 27.4 Å². The molecule has 0 aliphatic carbocycles. The molecule has 1 aromatic heterocycles. The molecule has 104 valence electrons. The molecular weight excluding hydrogens is 250 g/mol. The molecule has 0 unspecified atom stereocenters. The highest BCUT2D eigenvalue weighted by Crippen LogP contribution is 2.43. The summed E-state index contributed by atoms with van der Waals surface area (Å²) in [7, 11) is 1.70. The summed E-state index contributed by atoms with van der Waals surface area (Å²) in [5, 5.41) is 6.85. The summed E-state index contributed by atoms with van der Waals surface area (Å²) in [4.78, 5) is 0. The molecule has 0 saturated heterocycles. The lowest BCUT2D eigenvalue weighted by Gasteiger charge is -2.24. The number of anilines is 1. The van der Waals surface area contributed by atoms with E-state index in [1.165, 1.54) is 0 Å². The molecule has 0 radical (unpaired) electrons. The third-order valence-corrected chi connectivity index (χ3v) is 3.29. The first-order valence-electron chi connectivity index (χ1n) is 6.75. The Morgan fingerprint density at radius 3 is 2.35 bits per heavy atom. The standard InChI is InChI=1S/C17H19NO2/c1-17(2,3)18-14-15(19-4)12-8-6-5-7-11(12)13-9-10-20-16(13)14/h5-10,18H,1-4H3. The third-order valence-electron chi connectivity index (χ3n) is 3.29. The van der Waals surface area contributed by atoms with Gasteiger partial charge in [0, 0.05) is 16.3 Å². The van der Waals surface area contributed by atoms with Crippen molar-refractivity contribution in [1.29, 1.82) is 0 Å². The molecular formula is C17H19NO2. The Hall–Kier alpha value is -2.16. The fourth-order valence-corrected chi connectivity index (χ4v) is 2.57. The summed E-state index contributed by atoms with van der Waals surface area (Å²) < 4.78 is 11.4. The van der Waals surface area contributed by atoms with Crippen molar-refractivity contribution in [2.75, 3.05) is 12.4 Å². The Kier molecular flexibility index (Phi) is 2.85. The molecule has 0 saturated carbocycles. The topological polar surface area (TPSA) is 34.4 Å². The normalized spacial score (nSPS) is 12.0. The summed E-state index contributed by atoms with van der Waals surface area (Å²) in [5.74, 6) is 0.831. The van der Waals surface area contributed by atoms with E-state index in [9.17, 15) is 0 Å². The minimum Gasteiger partial charge on any atom is -0.494 e. The van der Waals surface area contributed by atoms with Crippen LogP contribution in [0.25, 0.3) is 21.7 Å². The van der Waals surface area contributed by atoms with Crippen molar-refractivity contribution in [2.45, 2.75) is 26.3 Å². The number of hydrogen-bond donors (Lipinski definition) is 1. The second-order valence-electron chi connectivity index (χ2n) is 5.99. The molecule has 3 rings (SSSR count). The molecule has 0 fully saturated rings. The van der Waals surface area contributed by atoms with E-state index in [0.717, 1.165) is 33.2 Å². The second-order valence-corrected chi connectivity index (χ2v) is 5.99. The van der Waals surface area contributed by atoms with E-state index in [2.05, 4.69) is 38.2 Å². The first-order chi connectivity index (χ1) is 9.51. The van der Waals surface area contributed by atoms with Gasteiger partial charge in [0.15, 0.2) is 11.3 Å². The van der Waals surface area contributed by atoms with E-state index in [-0.39, 0.29) is 5.54 Å². The van der Waals surface area contributed by atoms with Gasteiger partial charge in [0.1, 0.15) is 5.69 Å². The molecule has 0 spiro atoms. The number of fused-ring (bicyclic) bond motifs is 3. The van der Waals surface area contributed by atoms with Crippen LogP contribution in [0.2, 0.25) is 0 Å². The first-order valence-corrected chi connectivity index (χ1v) is 6.75. The van der Waals surface area contributed by atoms with Crippen LogP contribution in [0.5, 0.6) is 5.75 Å². The molecule has 1 N–H and O–H groups in total. The van der Waals surface area contributed by atoms with Gasteiger partial charge in [0.05, 0.1) is 13.4 Å². The lowest BCUT2D eigenvalue weighted by molar-refractivity contribution is 0.419. The third kappa shape index (κ3) is 1.99. The maximum atomic E-state index is 5.70. The Balaban J connectivity index is 2.43. The van der Waals surface area contributed by atoms with Crippen molar-refractivity contribution in [1.82, 2.24) is 0 Å². The van der Waals surface area contributed by atoms with Gasteiger partial charge in [-0.15, -0.1) is 0 Å². The van der Waals surface area contributed by atoms with Crippen LogP contribution in [0.1, 0.15) is 20.8 Å². The van der Waals surface area contributed by atoms with Crippen molar-refractivity contribution in [3.05, 3.63) is 36.6 Å². The van der Waals surface area contributed by atoms with Gasteiger partial charge >= 0.3 is 0 Å². The van der Waals surface area contributed by atoms with Crippen molar-refractivity contribution < 1.29 is 9.15 Å². The fraction of sp³-hybridized carbons (Fsp3) is 0.294. The lowest BCUT2D eigenvalue weighted by Crippen LogP contribution is -2.26. The molecule has 20 heavy (non-hydrogen) atoms. The molecule has 0 amide bonds. The zero-order valence-electron chi connectivity index (χ0n) is 12.3. The zero-order chi connectivity index (χ0) is 14.3. The Labute approximate surface area is 118 Å². The molecule has 2 aromatic carbocycles. The summed E-state index contributed by atoms with van der Waals surface area (Å²) in [6.07, 6.45) is 1.73. The van der Waals surface area contributed by atoms with E-state index in [0.29, 0.717) is 0 Å². The summed E-state index contributed by atoms with van der Waals surface area (Å²) in [6, 6.07) is 10.2. The number of ether oxygens (including phenoxy) is 1. The second kappa shape index (κ2) is 4.44. The van der Waals surface area contributed by atoms with Gasteiger partial charge in [0.25, 0.3) is 0 Å². The highest BCUT2D eigenvalue weighted by Gasteiger charge is 2.21. The van der Waals surface area contributed by atoms with Crippen LogP contribution in [0, 0.1) is 0 Å². The maximum Gasteiger partial charge on any atom is 0.161 e. The predicted octanol–water partition coefficient (Wildman–Crippen LogP) is 4.81. The minimum atomic E-state index is -0.0740. The molecule has 3 nitrogen and oxygen atoms in total. The summed E-state index contributed by atoms with van der Waals surface area (Å²) in [5.41, 5.74) is 1.68. The Morgan fingerprint density at radius 2 is 1.70 bits per heavy atom. The molecule has 0 aliphatic heterocycles. The SMILES string of the molecule is COc1c(NC(C)(C)C)c2occc2c2ccccc12. The van der Waals surface area contributed by atoms with Crippen LogP contribution in [0.15, 0.2) is 41.0 Å². The molecule has 1 heterocycles. The van der Waals surface area contributed by atoms with E-state index >= 15 is 0 Å². The Morgan fingerprint density at radius 1 is 1.00 bits per heavy atom. The highest BCUT2D eigenvalue weighted by molar-refractivity contribution is 6.15. The number of benzene rings is 2. The van der Waals surface area contributed by atoms with Gasteiger partial charge in [-0.25, -0.2) is 0 Å². The van der Waals surface area contributed by atoms with E-state index in [1.807, 2.05) is 18.2 Å². The maximum absolute atomic E-state index is 5.70. The predicted molar refractivity (Wildman–Crippen MR) is 83.6 cm³/mol. The van der Waals surface area contributed by atoms with E-state index in [4.69, 9.17) is 9.15 Å². The quantitative estimate of drug-likeness (QED) is 0.725. The molecule has 0 bridgehead atoms. The van der Waals surface area contributed by atoms with Gasteiger partial charge < -0.3 is 14.5 Å². The lowest BCUT2D eigenvalue weighted by atomic mass is 10.0. The van der Waals surface area contributed by atoms with Gasteiger partial charge in [-0.05, 0) is 32.2 Å². The highest BCUT2D eigenvalue weighted by atomic mass is 16.5. The first kappa shape index (κ1) is 12.9. The number of furan rings is 1. The fourth-order valence-electron chi connectivity index (χ4n) is 2.57. The van der Waals surface area contributed by atoms with Crippen molar-refractivity contribution in [3.63, 3.8) is 0 Å². The largest absolute Gasteiger partial charge is 0.494 e. The average molecular weight is 269 g/mol. The van der Waals surface area contributed by atoms with Crippen LogP contribution >= 0.6 is 0 Å². The molecule has 3 heteroatoms. The number of hydrogen-bond acceptors (Lipinski definition) is 3. The van der Waals surface area contributed by atoms with E-state index < -0.39 is 0 Å². The van der Waals surface area contributed by atoms with Gasteiger partial charge in [-0.1, -0.05) is 24.3 Å². The molecule has 0 aliphatic rings. The summed E-state index contributed by atoms with van der Waals surface area (Å²) in [6.45, 7) is 6.36. The van der Waals surface area contributed by atoms with Gasteiger partial charge in [-0.2, -0.15) is 0 Å². The average Bonchev–Trinajstić information content (AvgIpc) is 2.87. The van der Waals surface area contributed by atoms with Crippen molar-refractivity contribution in [2.24, 2.45) is 0 Å². The molecule has 3 aromatic rings. The summed E-state index contributed by atoms with van der Waals surface area (Å²) >= 11 is 0. The van der Waals surface area contributed by atoms with Crippen molar-refractivity contribution in [3.8, 4) is 5.75 Å². The number of methoxy groups -OCH3 is 1. The van der Waals surface area contributed by atoms with Crippen LogP contribution in [-0.4, -0.2) is 12.6 Å². The van der Waals surface area contributed by atoms with Crippen LogP contribution in [0.4, 0.5) is 5.69 Å². The minimum absolute atomic E-state index is 0.0740. The van der Waals surface area contributed by atoms with Gasteiger partial charge in [0.2, 0.25) is 0 Å². The smallest absolute Gasteiger partial charge is 0.161 e. The van der Waals surface area contributed by atoms with Crippen LogP contribution < -0.4 is 10.1 Å². The zero-order valence-corrected chi connectivity index (χ0v) is 12.3. The van der Waals surface area contributed by atoms with Gasteiger partial charge in [-0.3, -0.25) is 0 Å². The Bertz CT molecular complexity index is 766. The number of nitrogens with one attached hydrogen (secondary N) is 1. The monoisotopic (exact) mass is 269 g/mol. The van der Waals surface area contributed by atoms with E-state index in [1.54, 1.807) is 13.4 Å².